The third-order valence-corrected chi connectivity index (χ3v) is 7.78. The monoisotopic (exact) mass is 500 g/mol. The number of anilines is 1. The zero-order chi connectivity index (χ0) is 25.7. The van der Waals surface area contributed by atoms with Crippen LogP contribution in [-0.2, 0) is 9.53 Å². The molecule has 0 radical (unpaired) electrons. The predicted octanol–water partition coefficient (Wildman–Crippen LogP) is 6.56. The van der Waals surface area contributed by atoms with E-state index in [1.165, 1.54) is 18.4 Å². The van der Waals surface area contributed by atoms with E-state index in [1.54, 1.807) is 11.1 Å². The van der Waals surface area contributed by atoms with Crippen molar-refractivity contribution in [3.8, 4) is 22.3 Å². The maximum Gasteiger partial charge on any atom is 0.350 e. The van der Waals surface area contributed by atoms with Crippen molar-refractivity contribution >= 4 is 28.9 Å². The second-order valence-electron chi connectivity index (χ2n) is 9.62. The first-order chi connectivity index (χ1) is 17.4. The number of benzene rings is 1. The topological polar surface area (TPSA) is 59.5 Å². The van der Waals surface area contributed by atoms with E-state index < -0.39 is 5.97 Å². The van der Waals surface area contributed by atoms with E-state index in [-0.39, 0.29) is 17.9 Å². The quantitative estimate of drug-likeness (QED) is 0.294. The van der Waals surface area contributed by atoms with Gasteiger partial charge in [0, 0.05) is 28.6 Å². The van der Waals surface area contributed by atoms with Gasteiger partial charge >= 0.3 is 5.97 Å². The Labute approximate surface area is 217 Å². The van der Waals surface area contributed by atoms with E-state index in [9.17, 15) is 9.59 Å². The number of carbonyl (C=O) groups is 2. The third kappa shape index (κ3) is 5.85. The SMILES string of the molecule is COC(=O)c1sc(-c2ccc(C#Cc3ccccn3)cc2)cc1N(C(=O)C1CCC(C)CC1)C(C)C. The highest BCUT2D eigenvalue weighted by Crippen LogP contribution is 2.40. The summed E-state index contributed by atoms with van der Waals surface area (Å²) in [6.07, 6.45) is 5.65. The van der Waals surface area contributed by atoms with Crippen molar-refractivity contribution in [2.75, 3.05) is 12.0 Å². The molecule has 0 saturated heterocycles. The summed E-state index contributed by atoms with van der Waals surface area (Å²) >= 11 is 1.36. The lowest BCUT2D eigenvalue weighted by atomic mass is 9.82. The Morgan fingerprint density at radius 3 is 2.39 bits per heavy atom. The van der Waals surface area contributed by atoms with Crippen molar-refractivity contribution in [2.24, 2.45) is 11.8 Å². The minimum atomic E-state index is -0.421. The van der Waals surface area contributed by atoms with Crippen LogP contribution in [-0.4, -0.2) is 30.0 Å². The Morgan fingerprint density at radius 2 is 1.78 bits per heavy atom. The van der Waals surface area contributed by atoms with Crippen LogP contribution in [0.25, 0.3) is 10.4 Å². The maximum atomic E-state index is 13.6. The van der Waals surface area contributed by atoms with Crippen LogP contribution >= 0.6 is 11.3 Å². The summed E-state index contributed by atoms with van der Waals surface area (Å²) in [5, 5.41) is 0. The molecule has 1 amide bonds. The van der Waals surface area contributed by atoms with Crippen LogP contribution in [0.3, 0.4) is 0 Å². The molecule has 1 aliphatic rings. The molecule has 2 aromatic heterocycles. The average Bonchev–Trinajstić information content (AvgIpc) is 3.33. The van der Waals surface area contributed by atoms with Crippen molar-refractivity contribution < 1.29 is 14.3 Å². The molecule has 0 unspecified atom stereocenters. The molecule has 6 heteroatoms. The number of ether oxygens (including phenoxy) is 1. The molecule has 186 valence electrons. The molecule has 2 heterocycles. The van der Waals surface area contributed by atoms with Crippen molar-refractivity contribution in [3.05, 3.63) is 70.9 Å². The number of pyridine rings is 1. The summed E-state index contributed by atoms with van der Waals surface area (Å²) in [5.41, 5.74) is 3.19. The minimum absolute atomic E-state index is 0.00518. The van der Waals surface area contributed by atoms with Crippen LogP contribution in [0.15, 0.2) is 54.7 Å². The standard InChI is InChI=1S/C30H32N2O3S/c1-20(2)32(29(33)24-13-8-21(3)9-14-24)26-19-27(36-28(26)30(34)35-4)23-15-10-22(11-16-23)12-17-25-7-5-6-18-31-25/h5-7,10-11,15-16,18-21,24H,8-9,13-14H2,1-4H3. The van der Waals surface area contributed by atoms with Crippen LogP contribution in [0.5, 0.6) is 0 Å². The fourth-order valence-electron chi connectivity index (χ4n) is 4.59. The Morgan fingerprint density at radius 1 is 1.06 bits per heavy atom. The van der Waals surface area contributed by atoms with Gasteiger partial charge in [0.15, 0.2) is 0 Å². The van der Waals surface area contributed by atoms with Gasteiger partial charge in [-0.2, -0.15) is 0 Å². The number of carbonyl (C=O) groups excluding carboxylic acids is 2. The molecule has 4 rings (SSSR count). The second-order valence-corrected chi connectivity index (χ2v) is 10.7. The lowest BCUT2D eigenvalue weighted by Crippen LogP contribution is -2.42. The molecule has 5 nitrogen and oxygen atoms in total. The Hall–Kier alpha value is -3.43. The first-order valence-corrected chi connectivity index (χ1v) is 13.3. The first-order valence-electron chi connectivity index (χ1n) is 12.5. The Kier molecular flexibility index (Phi) is 8.22. The van der Waals surface area contributed by atoms with E-state index >= 15 is 0 Å². The maximum absolute atomic E-state index is 13.6. The zero-order valence-electron chi connectivity index (χ0n) is 21.3. The van der Waals surface area contributed by atoms with Crippen molar-refractivity contribution in [1.82, 2.24) is 4.98 Å². The largest absolute Gasteiger partial charge is 0.465 e. The summed E-state index contributed by atoms with van der Waals surface area (Å²) in [5.74, 6) is 6.54. The van der Waals surface area contributed by atoms with Gasteiger partial charge in [-0.3, -0.25) is 4.79 Å². The van der Waals surface area contributed by atoms with Crippen molar-refractivity contribution in [1.29, 1.82) is 0 Å². The zero-order valence-corrected chi connectivity index (χ0v) is 22.1. The van der Waals surface area contributed by atoms with Gasteiger partial charge in [0.1, 0.15) is 10.6 Å². The highest BCUT2D eigenvalue weighted by molar-refractivity contribution is 7.18. The number of rotatable bonds is 5. The van der Waals surface area contributed by atoms with Crippen LogP contribution in [0.1, 0.15) is 67.4 Å². The number of methoxy groups -OCH3 is 1. The van der Waals surface area contributed by atoms with Crippen LogP contribution < -0.4 is 4.90 Å². The lowest BCUT2D eigenvalue weighted by Gasteiger charge is -2.33. The van der Waals surface area contributed by atoms with Gasteiger partial charge in [-0.25, -0.2) is 9.78 Å². The van der Waals surface area contributed by atoms with Crippen LogP contribution in [0, 0.1) is 23.7 Å². The molecule has 1 saturated carbocycles. The molecular weight excluding hydrogens is 468 g/mol. The van der Waals surface area contributed by atoms with E-state index in [0.717, 1.165) is 47.4 Å². The Balaban J connectivity index is 1.64. The third-order valence-electron chi connectivity index (χ3n) is 6.63. The Bertz CT molecular complexity index is 1260. The molecule has 3 aromatic rings. The van der Waals surface area contributed by atoms with Crippen molar-refractivity contribution in [3.63, 3.8) is 0 Å². The molecule has 0 atom stereocenters. The number of hydrogen-bond donors (Lipinski definition) is 0. The van der Waals surface area contributed by atoms with E-state index in [2.05, 4.69) is 23.7 Å². The van der Waals surface area contributed by atoms with Crippen molar-refractivity contribution in [2.45, 2.75) is 52.5 Å². The fourth-order valence-corrected chi connectivity index (χ4v) is 5.66. The van der Waals surface area contributed by atoms with Gasteiger partial charge < -0.3 is 9.64 Å². The minimum Gasteiger partial charge on any atom is -0.465 e. The molecule has 0 N–H and O–H groups in total. The van der Waals surface area contributed by atoms with Gasteiger partial charge in [0.2, 0.25) is 5.91 Å². The fraction of sp³-hybridized carbons (Fsp3) is 0.367. The summed E-state index contributed by atoms with van der Waals surface area (Å²) in [7, 11) is 1.38. The number of thiophene rings is 1. The van der Waals surface area contributed by atoms with E-state index in [0.29, 0.717) is 16.5 Å². The summed E-state index contributed by atoms with van der Waals surface area (Å²) < 4.78 is 5.10. The van der Waals surface area contributed by atoms with Gasteiger partial charge in [-0.05, 0) is 87.3 Å². The molecule has 1 aromatic carbocycles. The van der Waals surface area contributed by atoms with E-state index in [4.69, 9.17) is 4.74 Å². The normalized spacial score (nSPS) is 17.2. The molecule has 1 fully saturated rings. The van der Waals surface area contributed by atoms with Gasteiger partial charge in [0.25, 0.3) is 0 Å². The number of esters is 1. The van der Waals surface area contributed by atoms with Gasteiger partial charge in [-0.15, -0.1) is 11.3 Å². The lowest BCUT2D eigenvalue weighted by molar-refractivity contribution is -0.123. The number of hydrogen-bond acceptors (Lipinski definition) is 5. The van der Waals surface area contributed by atoms with Crippen LogP contribution in [0.2, 0.25) is 0 Å². The van der Waals surface area contributed by atoms with E-state index in [1.807, 2.05) is 62.4 Å². The molecule has 1 aliphatic carbocycles. The first kappa shape index (κ1) is 25.7. The molecule has 0 aliphatic heterocycles. The summed E-state index contributed by atoms with van der Waals surface area (Å²) in [4.78, 5) is 33.8. The highest BCUT2D eigenvalue weighted by atomic mass is 32.1. The average molecular weight is 501 g/mol. The summed E-state index contributed by atoms with van der Waals surface area (Å²) in [6, 6.07) is 15.4. The molecular formula is C30H32N2O3S. The van der Waals surface area contributed by atoms with Gasteiger partial charge in [0.05, 0.1) is 12.8 Å². The number of nitrogens with zero attached hydrogens (tertiary/aromatic N) is 2. The summed E-state index contributed by atoms with van der Waals surface area (Å²) in [6.45, 7) is 6.24. The molecule has 0 spiro atoms. The predicted molar refractivity (Wildman–Crippen MR) is 145 cm³/mol. The smallest absolute Gasteiger partial charge is 0.350 e. The molecule has 0 bridgehead atoms. The van der Waals surface area contributed by atoms with Gasteiger partial charge in [-0.1, -0.05) is 31.0 Å². The molecule has 36 heavy (non-hydrogen) atoms. The second kappa shape index (κ2) is 11.5. The number of aromatic nitrogens is 1. The highest BCUT2D eigenvalue weighted by Gasteiger charge is 2.33. The van der Waals surface area contributed by atoms with Crippen LogP contribution in [0.4, 0.5) is 5.69 Å². The number of amides is 1.